The Labute approximate surface area is 223 Å². The van der Waals surface area contributed by atoms with Crippen LogP contribution in [-0.2, 0) is 15.6 Å². The molecule has 2 aromatic rings. The van der Waals surface area contributed by atoms with Gasteiger partial charge in [-0.05, 0) is 91.6 Å². The number of unbranched alkanes of at least 4 members (excludes halogenated alkanes) is 1. The van der Waals surface area contributed by atoms with Gasteiger partial charge in [0.15, 0.2) is 5.11 Å². The minimum atomic E-state index is -0.321. The van der Waals surface area contributed by atoms with E-state index in [1.165, 1.54) is 11.1 Å². The Balaban J connectivity index is 1.81. The van der Waals surface area contributed by atoms with Crippen LogP contribution in [0.1, 0.15) is 95.6 Å². The third-order valence-electron chi connectivity index (χ3n) is 7.03. The summed E-state index contributed by atoms with van der Waals surface area (Å²) < 4.78 is 11.3. The predicted molar refractivity (Wildman–Crippen MR) is 154 cm³/mol. The van der Waals surface area contributed by atoms with Gasteiger partial charge in [0, 0.05) is 17.8 Å². The van der Waals surface area contributed by atoms with Gasteiger partial charge in [-0.2, -0.15) is 0 Å². The van der Waals surface area contributed by atoms with Crippen LogP contribution in [0.4, 0.5) is 5.69 Å². The average Bonchev–Trinajstić information content (AvgIpc) is 2.86. The van der Waals surface area contributed by atoms with Crippen LogP contribution in [0.3, 0.4) is 0 Å². The number of thiocarbonyl (C=S) groups is 1. The molecule has 36 heavy (non-hydrogen) atoms. The van der Waals surface area contributed by atoms with E-state index in [1.54, 1.807) is 19.1 Å². The number of hydrogen-bond donors (Lipinski definition) is 2. The van der Waals surface area contributed by atoms with Gasteiger partial charge in [-0.25, -0.2) is 4.79 Å². The zero-order chi connectivity index (χ0) is 26.8. The highest BCUT2D eigenvalue weighted by Gasteiger charge is 2.26. The number of carbonyl (C=O) groups is 1. The van der Waals surface area contributed by atoms with E-state index < -0.39 is 0 Å². The first-order chi connectivity index (χ1) is 17.0. The van der Waals surface area contributed by atoms with Crippen molar-refractivity contribution >= 4 is 29.0 Å². The molecule has 0 aromatic heterocycles. The van der Waals surface area contributed by atoms with Crippen molar-refractivity contribution in [3.05, 3.63) is 59.2 Å². The molecule has 2 N–H and O–H groups in total. The van der Waals surface area contributed by atoms with Crippen molar-refractivity contribution in [1.82, 2.24) is 5.32 Å². The molecule has 6 heteroatoms. The van der Waals surface area contributed by atoms with E-state index in [4.69, 9.17) is 21.7 Å². The highest BCUT2D eigenvalue weighted by atomic mass is 32.1. The maximum absolute atomic E-state index is 11.8. The van der Waals surface area contributed by atoms with Gasteiger partial charge < -0.3 is 20.1 Å². The van der Waals surface area contributed by atoms with Gasteiger partial charge in [-0.1, -0.05) is 53.7 Å². The quantitative estimate of drug-likeness (QED) is 0.166. The number of esters is 1. The largest absolute Gasteiger partial charge is 0.493 e. The predicted octanol–water partition coefficient (Wildman–Crippen LogP) is 7.38. The maximum Gasteiger partial charge on any atom is 0.338 e. The lowest BCUT2D eigenvalue weighted by molar-refractivity contribution is 0.0526. The fourth-order valence-electron chi connectivity index (χ4n) is 3.69. The Morgan fingerprint density at radius 3 is 2.19 bits per heavy atom. The molecule has 0 aliphatic rings. The van der Waals surface area contributed by atoms with Gasteiger partial charge in [0.05, 0.1) is 18.8 Å². The summed E-state index contributed by atoms with van der Waals surface area (Å²) in [6, 6.07) is 13.8. The second kappa shape index (κ2) is 13.6. The molecule has 0 aliphatic heterocycles. The highest BCUT2D eigenvalue weighted by molar-refractivity contribution is 7.80. The molecule has 0 fully saturated rings. The fraction of sp³-hybridized carbons (Fsp3) is 0.533. The Morgan fingerprint density at radius 1 is 0.917 bits per heavy atom. The van der Waals surface area contributed by atoms with Crippen LogP contribution in [0, 0.1) is 0 Å². The Kier molecular flexibility index (Phi) is 11.2. The summed E-state index contributed by atoms with van der Waals surface area (Å²) in [5, 5.41) is 6.94. The minimum absolute atomic E-state index is 0.0586. The van der Waals surface area contributed by atoms with Gasteiger partial charge in [-0.15, -0.1) is 0 Å². The summed E-state index contributed by atoms with van der Waals surface area (Å²) in [6.45, 7) is 17.2. The minimum Gasteiger partial charge on any atom is -0.493 e. The lowest BCUT2D eigenvalue weighted by Gasteiger charge is -2.30. The van der Waals surface area contributed by atoms with Gasteiger partial charge >= 0.3 is 5.97 Å². The van der Waals surface area contributed by atoms with Crippen LogP contribution in [0.2, 0.25) is 0 Å². The van der Waals surface area contributed by atoms with Gasteiger partial charge in [0.2, 0.25) is 0 Å². The van der Waals surface area contributed by atoms with E-state index in [1.807, 2.05) is 12.1 Å². The Bertz CT molecular complexity index is 1000. The average molecular weight is 513 g/mol. The van der Waals surface area contributed by atoms with Crippen LogP contribution < -0.4 is 15.4 Å². The Hall–Kier alpha value is -2.60. The molecule has 0 amide bonds. The van der Waals surface area contributed by atoms with Gasteiger partial charge in [-0.3, -0.25) is 0 Å². The molecule has 0 atom stereocenters. The number of nitrogens with one attached hydrogen (secondary N) is 2. The standard InChI is InChI=1S/C30H44N2O3S/c1-8-29(4,5)23-15-18-26(25(21-23)30(6,7)9-2)35-20-12-11-19-31-28(36)32-24-16-13-22(14-17-24)27(33)34-10-3/h13-18,21H,8-12,19-20H2,1-7H3,(H2,31,32,36). The van der Waals surface area contributed by atoms with Crippen LogP contribution in [0.15, 0.2) is 42.5 Å². The lowest BCUT2D eigenvalue weighted by atomic mass is 9.76. The van der Waals surface area contributed by atoms with Crippen molar-refractivity contribution in [2.45, 2.75) is 85.0 Å². The molecular weight excluding hydrogens is 468 g/mol. The molecular formula is C30H44N2O3S. The molecule has 2 rings (SSSR count). The van der Waals surface area contributed by atoms with Crippen molar-refractivity contribution in [3.63, 3.8) is 0 Å². The van der Waals surface area contributed by atoms with E-state index in [0.717, 1.165) is 43.7 Å². The first kappa shape index (κ1) is 29.6. The summed E-state index contributed by atoms with van der Waals surface area (Å²) in [5.41, 5.74) is 4.22. The van der Waals surface area contributed by atoms with E-state index >= 15 is 0 Å². The summed E-state index contributed by atoms with van der Waals surface area (Å²) in [5.74, 6) is 0.673. The number of ether oxygens (including phenoxy) is 2. The number of carbonyl (C=O) groups excluding carboxylic acids is 1. The molecule has 0 unspecified atom stereocenters. The van der Waals surface area contributed by atoms with Gasteiger partial charge in [0.1, 0.15) is 5.75 Å². The second-order valence-electron chi connectivity index (χ2n) is 10.4. The monoisotopic (exact) mass is 512 g/mol. The van der Waals surface area contributed by atoms with E-state index in [-0.39, 0.29) is 16.8 Å². The molecule has 0 saturated carbocycles. The van der Waals surface area contributed by atoms with Gasteiger partial charge in [0.25, 0.3) is 0 Å². The summed E-state index contributed by atoms with van der Waals surface area (Å²) in [4.78, 5) is 11.8. The zero-order valence-electron chi connectivity index (χ0n) is 23.1. The molecule has 198 valence electrons. The summed E-state index contributed by atoms with van der Waals surface area (Å²) in [6.07, 6.45) is 4.02. The van der Waals surface area contributed by atoms with Crippen molar-refractivity contribution in [1.29, 1.82) is 0 Å². The maximum atomic E-state index is 11.8. The first-order valence-corrected chi connectivity index (χ1v) is 13.5. The Morgan fingerprint density at radius 2 is 1.58 bits per heavy atom. The van der Waals surface area contributed by atoms with E-state index in [0.29, 0.717) is 23.9 Å². The molecule has 0 spiro atoms. The molecule has 2 aromatic carbocycles. The molecule has 0 aliphatic carbocycles. The molecule has 5 nitrogen and oxygen atoms in total. The second-order valence-corrected chi connectivity index (χ2v) is 10.8. The molecule has 0 saturated heterocycles. The van der Waals surface area contributed by atoms with E-state index in [2.05, 4.69) is 70.4 Å². The lowest BCUT2D eigenvalue weighted by Crippen LogP contribution is -2.29. The third-order valence-corrected chi connectivity index (χ3v) is 7.27. The van der Waals surface area contributed by atoms with Crippen molar-refractivity contribution in [2.75, 3.05) is 25.1 Å². The van der Waals surface area contributed by atoms with Crippen LogP contribution in [0.25, 0.3) is 0 Å². The third kappa shape index (κ3) is 8.51. The SMILES string of the molecule is CCOC(=O)c1ccc(NC(=S)NCCCCOc2ccc(C(C)(C)CC)cc2C(C)(C)CC)cc1. The summed E-state index contributed by atoms with van der Waals surface area (Å²) in [7, 11) is 0. The number of hydrogen-bond acceptors (Lipinski definition) is 4. The zero-order valence-corrected chi connectivity index (χ0v) is 23.9. The number of benzene rings is 2. The van der Waals surface area contributed by atoms with E-state index in [9.17, 15) is 4.79 Å². The number of anilines is 1. The number of rotatable bonds is 13. The summed E-state index contributed by atoms with van der Waals surface area (Å²) >= 11 is 5.39. The highest BCUT2D eigenvalue weighted by Crippen LogP contribution is 2.38. The van der Waals surface area contributed by atoms with Crippen molar-refractivity contribution in [2.24, 2.45) is 0 Å². The smallest absolute Gasteiger partial charge is 0.338 e. The topological polar surface area (TPSA) is 59.6 Å². The molecule has 0 heterocycles. The van der Waals surface area contributed by atoms with Crippen molar-refractivity contribution < 1.29 is 14.3 Å². The first-order valence-electron chi connectivity index (χ1n) is 13.1. The van der Waals surface area contributed by atoms with Crippen LogP contribution >= 0.6 is 12.2 Å². The normalized spacial score (nSPS) is 11.6. The molecule has 0 radical (unpaired) electrons. The van der Waals surface area contributed by atoms with Crippen molar-refractivity contribution in [3.8, 4) is 5.75 Å². The van der Waals surface area contributed by atoms with Crippen LogP contribution in [0.5, 0.6) is 5.75 Å². The fourth-order valence-corrected chi connectivity index (χ4v) is 3.91. The molecule has 0 bridgehead atoms. The van der Waals surface area contributed by atoms with Crippen LogP contribution in [-0.4, -0.2) is 30.8 Å².